The zero-order chi connectivity index (χ0) is 18.2. The van der Waals surface area contributed by atoms with Crippen molar-refractivity contribution in [3.8, 4) is 0 Å². The predicted octanol–water partition coefficient (Wildman–Crippen LogP) is 2.84. The van der Waals surface area contributed by atoms with Gasteiger partial charge in [-0.15, -0.1) is 0 Å². The van der Waals surface area contributed by atoms with Gasteiger partial charge in [0.15, 0.2) is 5.79 Å². The van der Waals surface area contributed by atoms with Gasteiger partial charge in [-0.1, -0.05) is 25.0 Å². The average Bonchev–Trinajstić information content (AvgIpc) is 3.05. The Balaban J connectivity index is 1.86. The molecule has 4 aliphatic rings. The van der Waals surface area contributed by atoms with Crippen molar-refractivity contribution in [2.24, 2.45) is 22.7 Å². The number of allylic oxidation sites excluding steroid dienone is 1. The fraction of sp³-hybridized carbons (Fsp3) is 0.700. The lowest BCUT2D eigenvalue weighted by atomic mass is 9.52. The monoisotopic (exact) mass is 346 g/mol. The number of aliphatic carboxylic acids is 1. The van der Waals surface area contributed by atoms with Crippen LogP contribution >= 0.6 is 0 Å². The van der Waals surface area contributed by atoms with E-state index in [4.69, 9.17) is 4.74 Å². The van der Waals surface area contributed by atoms with Crippen molar-refractivity contribution in [2.75, 3.05) is 0 Å². The summed E-state index contributed by atoms with van der Waals surface area (Å²) in [6.07, 6.45) is 6.13. The van der Waals surface area contributed by atoms with Gasteiger partial charge in [-0.2, -0.15) is 0 Å². The molecule has 1 saturated carbocycles. The molecule has 4 rings (SSSR count). The lowest BCUT2D eigenvalue weighted by Crippen LogP contribution is -2.58. The third-order valence-electron chi connectivity index (χ3n) is 7.61. The standard InChI is InChI=1S/C20H26O5/c1-11(17(22)23)13-4-5-18(2)6-7-19(3)14(16(13)18)8-15-12(10-21)9-20(19,24)25-15/h9-11,14-15,24H,4-8H2,1-3H3,(H,22,23)/t11?,14-,15-,18-,19-,20?/m1/s1. The fourth-order valence-corrected chi connectivity index (χ4v) is 5.85. The predicted molar refractivity (Wildman–Crippen MR) is 90.6 cm³/mol. The highest BCUT2D eigenvalue weighted by atomic mass is 16.6. The summed E-state index contributed by atoms with van der Waals surface area (Å²) in [6.45, 7) is 6.03. The molecule has 0 aromatic heterocycles. The highest BCUT2D eigenvalue weighted by molar-refractivity contribution is 5.77. The van der Waals surface area contributed by atoms with E-state index in [-0.39, 0.29) is 11.3 Å². The summed E-state index contributed by atoms with van der Waals surface area (Å²) in [5, 5.41) is 20.8. The quantitative estimate of drug-likeness (QED) is 0.606. The molecule has 5 nitrogen and oxygen atoms in total. The molecule has 2 heterocycles. The summed E-state index contributed by atoms with van der Waals surface area (Å²) in [6, 6.07) is 0. The molecule has 2 aliphatic carbocycles. The van der Waals surface area contributed by atoms with Crippen LogP contribution < -0.4 is 0 Å². The van der Waals surface area contributed by atoms with Crippen molar-refractivity contribution in [3.05, 3.63) is 22.8 Å². The number of aldehydes is 1. The van der Waals surface area contributed by atoms with Gasteiger partial charge in [0.1, 0.15) is 6.29 Å². The van der Waals surface area contributed by atoms with Crippen LogP contribution in [0.2, 0.25) is 0 Å². The zero-order valence-corrected chi connectivity index (χ0v) is 15.0. The molecule has 1 saturated heterocycles. The second-order valence-electron chi connectivity index (χ2n) is 8.83. The van der Waals surface area contributed by atoms with E-state index in [1.807, 2.05) is 6.92 Å². The molecule has 0 radical (unpaired) electrons. The topological polar surface area (TPSA) is 83.8 Å². The van der Waals surface area contributed by atoms with Crippen LogP contribution in [0.15, 0.2) is 22.8 Å². The van der Waals surface area contributed by atoms with Crippen LogP contribution in [0.3, 0.4) is 0 Å². The second-order valence-corrected chi connectivity index (χ2v) is 8.83. The van der Waals surface area contributed by atoms with Crippen molar-refractivity contribution in [1.82, 2.24) is 0 Å². The van der Waals surface area contributed by atoms with Crippen molar-refractivity contribution in [2.45, 2.75) is 64.8 Å². The number of fused-ring (bicyclic) bond motifs is 6. The van der Waals surface area contributed by atoms with Gasteiger partial charge in [-0.3, -0.25) is 9.59 Å². The van der Waals surface area contributed by atoms with Crippen molar-refractivity contribution < 1.29 is 24.5 Å². The average molecular weight is 346 g/mol. The number of rotatable bonds is 3. The minimum absolute atomic E-state index is 0.00228. The van der Waals surface area contributed by atoms with Gasteiger partial charge < -0.3 is 14.9 Å². The smallest absolute Gasteiger partial charge is 0.310 e. The van der Waals surface area contributed by atoms with E-state index in [0.717, 1.165) is 37.5 Å². The number of carboxylic acid groups (broad SMARTS) is 1. The molecule has 2 fully saturated rings. The maximum absolute atomic E-state index is 11.6. The van der Waals surface area contributed by atoms with Gasteiger partial charge in [-0.05, 0) is 56.4 Å². The molecule has 0 spiro atoms. The Morgan fingerprint density at radius 2 is 2.08 bits per heavy atom. The van der Waals surface area contributed by atoms with Gasteiger partial charge in [0.25, 0.3) is 0 Å². The summed E-state index contributed by atoms with van der Waals surface area (Å²) >= 11 is 0. The number of carboxylic acids is 1. The van der Waals surface area contributed by atoms with Crippen molar-refractivity contribution >= 4 is 12.3 Å². The molecule has 5 heteroatoms. The summed E-state index contributed by atoms with van der Waals surface area (Å²) in [7, 11) is 0. The molecule has 2 N–H and O–H groups in total. The lowest BCUT2D eigenvalue weighted by molar-refractivity contribution is -0.288. The van der Waals surface area contributed by atoms with Crippen molar-refractivity contribution in [1.29, 1.82) is 0 Å². The molecular weight excluding hydrogens is 320 g/mol. The molecule has 136 valence electrons. The van der Waals surface area contributed by atoms with E-state index < -0.39 is 29.2 Å². The van der Waals surface area contributed by atoms with Crippen LogP contribution in [0.5, 0.6) is 0 Å². The summed E-state index contributed by atoms with van der Waals surface area (Å²) in [5.41, 5.74) is 2.24. The summed E-state index contributed by atoms with van der Waals surface area (Å²) in [4.78, 5) is 23.0. The van der Waals surface area contributed by atoms with Gasteiger partial charge in [0.05, 0.1) is 12.0 Å². The number of carbonyl (C=O) groups excluding carboxylic acids is 1. The van der Waals surface area contributed by atoms with Gasteiger partial charge >= 0.3 is 5.97 Å². The van der Waals surface area contributed by atoms with Crippen LogP contribution in [-0.4, -0.2) is 34.4 Å². The Bertz CT molecular complexity index is 722. The van der Waals surface area contributed by atoms with E-state index in [1.54, 1.807) is 13.0 Å². The maximum Gasteiger partial charge on any atom is 0.310 e. The van der Waals surface area contributed by atoms with E-state index in [0.29, 0.717) is 12.0 Å². The maximum atomic E-state index is 11.6. The molecular formula is C20H26O5. The summed E-state index contributed by atoms with van der Waals surface area (Å²) in [5.74, 6) is -2.69. The van der Waals surface area contributed by atoms with Gasteiger partial charge in [0, 0.05) is 11.0 Å². The number of hydrogen-bond acceptors (Lipinski definition) is 4. The van der Waals surface area contributed by atoms with E-state index >= 15 is 0 Å². The molecule has 0 amide bonds. The Morgan fingerprint density at radius 1 is 1.36 bits per heavy atom. The Hall–Kier alpha value is -1.46. The molecule has 2 unspecified atom stereocenters. The Labute approximate surface area is 147 Å². The first-order valence-electron chi connectivity index (χ1n) is 9.19. The minimum Gasteiger partial charge on any atom is -0.481 e. The first kappa shape index (κ1) is 17.0. The first-order chi connectivity index (χ1) is 11.7. The Kier molecular flexibility index (Phi) is 3.42. The normalized spacial score (nSPS) is 46.3. The molecule has 25 heavy (non-hydrogen) atoms. The largest absolute Gasteiger partial charge is 0.481 e. The second kappa shape index (κ2) is 5.04. The number of aliphatic hydroxyl groups is 1. The summed E-state index contributed by atoms with van der Waals surface area (Å²) < 4.78 is 5.88. The molecule has 0 aromatic carbocycles. The Morgan fingerprint density at radius 3 is 2.72 bits per heavy atom. The SMILES string of the molecule is CC(C(=O)O)C1=C2[C@H]3C[C@H]4OC(O)(C=C4C=O)[C@]3(C)CC[C@@]2(C)CC1. The number of hydrogen-bond donors (Lipinski definition) is 2. The fourth-order valence-electron chi connectivity index (χ4n) is 5.85. The van der Waals surface area contributed by atoms with E-state index in [1.165, 1.54) is 5.57 Å². The third kappa shape index (κ3) is 2.02. The van der Waals surface area contributed by atoms with Crippen molar-refractivity contribution in [3.63, 3.8) is 0 Å². The molecule has 6 atom stereocenters. The van der Waals surface area contributed by atoms with Gasteiger partial charge in [-0.25, -0.2) is 0 Å². The van der Waals surface area contributed by atoms with Crippen LogP contribution in [-0.2, 0) is 14.3 Å². The molecule has 2 aliphatic heterocycles. The van der Waals surface area contributed by atoms with Crippen LogP contribution in [0.4, 0.5) is 0 Å². The van der Waals surface area contributed by atoms with Gasteiger partial charge in [0.2, 0.25) is 0 Å². The number of carbonyl (C=O) groups is 2. The van der Waals surface area contributed by atoms with E-state index in [9.17, 15) is 19.8 Å². The van der Waals surface area contributed by atoms with Crippen LogP contribution in [0.1, 0.15) is 52.9 Å². The third-order valence-corrected chi connectivity index (χ3v) is 7.61. The highest BCUT2D eigenvalue weighted by Gasteiger charge is 2.65. The minimum atomic E-state index is -1.44. The molecule has 0 aromatic rings. The van der Waals surface area contributed by atoms with Crippen LogP contribution in [0, 0.1) is 22.7 Å². The highest BCUT2D eigenvalue weighted by Crippen LogP contribution is 2.67. The number of ether oxygens (including phenoxy) is 1. The first-order valence-corrected chi connectivity index (χ1v) is 9.19. The zero-order valence-electron chi connectivity index (χ0n) is 15.0. The lowest BCUT2D eigenvalue weighted by Gasteiger charge is -2.57. The van der Waals surface area contributed by atoms with E-state index in [2.05, 4.69) is 6.92 Å². The van der Waals surface area contributed by atoms with Crippen LogP contribution in [0.25, 0.3) is 0 Å². The molecule has 2 bridgehead atoms.